The van der Waals surface area contributed by atoms with E-state index in [4.69, 9.17) is 0 Å². The third-order valence-electron chi connectivity index (χ3n) is 3.19. The van der Waals surface area contributed by atoms with E-state index in [1.807, 2.05) is 0 Å². The highest BCUT2D eigenvalue weighted by atomic mass is 35.5. The standard InChI is InChI=1S/C13H11N3O4S2.ClH/c1-16-10(13(18)15-9-4-2-3-6-14-9)11(17)12-8(5-7-21-12)22(16,19)20;/h2-7,17H,1H3,(H,14,15,18);1H. The number of carbonyl (C=O) groups is 1. The Labute approximate surface area is 142 Å². The highest BCUT2D eigenvalue weighted by molar-refractivity contribution is 7.89. The Morgan fingerprint density at radius 1 is 1.35 bits per heavy atom. The minimum atomic E-state index is -3.84. The molecule has 0 aromatic carbocycles. The summed E-state index contributed by atoms with van der Waals surface area (Å²) in [7, 11) is -2.61. The van der Waals surface area contributed by atoms with Crippen LogP contribution >= 0.6 is 11.3 Å². The Hall–Kier alpha value is -2.10. The van der Waals surface area contributed by atoms with Crippen LogP contribution < -0.4 is 22.7 Å². The van der Waals surface area contributed by atoms with Crippen molar-refractivity contribution < 1.29 is 35.7 Å². The molecule has 0 spiro atoms. The molecule has 0 saturated heterocycles. The summed E-state index contributed by atoms with van der Waals surface area (Å²) >= 11 is 1.06. The van der Waals surface area contributed by atoms with Gasteiger partial charge in [-0.15, -0.1) is 11.3 Å². The molecule has 0 aliphatic carbocycles. The molecular formula is C13H12ClN3O4S2. The predicted octanol–water partition coefficient (Wildman–Crippen LogP) is -1.93. The number of rotatable bonds is 2. The van der Waals surface area contributed by atoms with Crippen molar-refractivity contribution in [3.05, 3.63) is 46.4 Å². The molecule has 0 saturated carbocycles. The number of likely N-dealkylation sites (N-methyl/N-ethyl adjacent to an activating group) is 1. The van der Waals surface area contributed by atoms with E-state index in [0.717, 1.165) is 15.6 Å². The number of aromatic nitrogens is 1. The lowest BCUT2D eigenvalue weighted by molar-refractivity contribution is -0.360. The molecule has 10 heteroatoms. The molecule has 0 radical (unpaired) electrons. The summed E-state index contributed by atoms with van der Waals surface area (Å²) in [5.74, 6) is -0.684. The number of carbonyl (C=O) groups excluding carboxylic acids is 1. The van der Waals surface area contributed by atoms with Crippen LogP contribution in [0.5, 0.6) is 0 Å². The predicted molar refractivity (Wildman–Crippen MR) is 80.4 cm³/mol. The van der Waals surface area contributed by atoms with Crippen LogP contribution in [-0.2, 0) is 14.8 Å². The number of halogens is 1. The van der Waals surface area contributed by atoms with Gasteiger partial charge < -0.3 is 17.5 Å². The van der Waals surface area contributed by atoms with Crippen molar-refractivity contribution in [2.75, 3.05) is 12.4 Å². The molecule has 3 N–H and O–H groups in total. The Morgan fingerprint density at radius 2 is 2.09 bits per heavy atom. The molecule has 1 amide bonds. The Balaban J connectivity index is 0.00000192. The molecule has 3 heterocycles. The minimum absolute atomic E-state index is 0. The van der Waals surface area contributed by atoms with Gasteiger partial charge in [0.25, 0.3) is 15.8 Å². The Morgan fingerprint density at radius 3 is 2.74 bits per heavy atom. The number of hydrogen-bond acceptors (Lipinski definition) is 5. The van der Waals surface area contributed by atoms with Gasteiger partial charge in [-0.1, -0.05) is 6.07 Å². The van der Waals surface area contributed by atoms with Crippen LogP contribution in [0.1, 0.15) is 4.88 Å². The summed E-state index contributed by atoms with van der Waals surface area (Å²) in [5.41, 5.74) is -0.313. The molecule has 1 aliphatic heterocycles. The summed E-state index contributed by atoms with van der Waals surface area (Å²) in [6.07, 6.45) is 1.61. The summed E-state index contributed by atoms with van der Waals surface area (Å²) in [5, 5.41) is 14.3. The number of nitrogens with one attached hydrogen (secondary N) is 2. The van der Waals surface area contributed by atoms with Crippen molar-refractivity contribution >= 4 is 38.8 Å². The molecular weight excluding hydrogens is 362 g/mol. The lowest BCUT2D eigenvalue weighted by atomic mass is 10.3. The molecule has 3 rings (SSSR count). The monoisotopic (exact) mass is 373 g/mol. The van der Waals surface area contributed by atoms with Crippen molar-refractivity contribution in [2.24, 2.45) is 0 Å². The summed E-state index contributed by atoms with van der Waals surface area (Å²) in [6.45, 7) is 0. The molecule has 0 unspecified atom stereocenters. The number of aliphatic hydroxyl groups is 1. The summed E-state index contributed by atoms with van der Waals surface area (Å²) in [6, 6.07) is 6.46. The van der Waals surface area contributed by atoms with E-state index in [0.29, 0.717) is 5.82 Å². The van der Waals surface area contributed by atoms with Crippen LogP contribution in [0.4, 0.5) is 5.82 Å². The van der Waals surface area contributed by atoms with E-state index in [-0.39, 0.29) is 33.6 Å². The number of aliphatic hydroxyl groups excluding tert-OH is 1. The SMILES string of the molecule is CN1C(C(=O)Nc2cccc[nH+]2)=C(O)c2sccc2S1(=O)=O.[Cl-]. The van der Waals surface area contributed by atoms with Gasteiger partial charge in [-0.25, -0.2) is 23.5 Å². The van der Waals surface area contributed by atoms with Crippen molar-refractivity contribution in [1.29, 1.82) is 0 Å². The molecule has 23 heavy (non-hydrogen) atoms. The van der Waals surface area contributed by atoms with E-state index in [1.165, 1.54) is 13.1 Å². The van der Waals surface area contributed by atoms with Crippen LogP contribution in [0, 0.1) is 0 Å². The second-order valence-electron chi connectivity index (χ2n) is 4.51. The third kappa shape index (κ3) is 2.78. The van der Waals surface area contributed by atoms with E-state index < -0.39 is 15.9 Å². The maximum Gasteiger partial charge on any atom is 0.360 e. The first kappa shape index (κ1) is 17.3. The first-order valence-corrected chi connectivity index (χ1v) is 8.53. The molecule has 0 atom stereocenters. The second-order valence-corrected chi connectivity index (χ2v) is 7.37. The van der Waals surface area contributed by atoms with Gasteiger partial charge in [-0.05, 0) is 17.5 Å². The second kappa shape index (κ2) is 6.19. The van der Waals surface area contributed by atoms with Crippen LogP contribution in [0.3, 0.4) is 0 Å². The van der Waals surface area contributed by atoms with Gasteiger partial charge in [0.15, 0.2) is 11.5 Å². The summed E-state index contributed by atoms with van der Waals surface area (Å²) < 4.78 is 25.5. The average molecular weight is 374 g/mol. The van der Waals surface area contributed by atoms with Gasteiger partial charge in [0, 0.05) is 13.1 Å². The average Bonchev–Trinajstić information content (AvgIpc) is 2.97. The van der Waals surface area contributed by atoms with E-state index in [1.54, 1.807) is 29.8 Å². The van der Waals surface area contributed by atoms with Gasteiger partial charge in [0.2, 0.25) is 0 Å². The number of hydrogen-bond donors (Lipinski definition) is 2. The minimum Gasteiger partial charge on any atom is -1.00 e. The summed E-state index contributed by atoms with van der Waals surface area (Å²) in [4.78, 5) is 15.3. The maximum atomic E-state index is 12.4. The molecule has 0 bridgehead atoms. The van der Waals surface area contributed by atoms with Crippen LogP contribution in [0.2, 0.25) is 0 Å². The number of H-pyrrole nitrogens is 1. The molecule has 7 nitrogen and oxygen atoms in total. The smallest absolute Gasteiger partial charge is 0.360 e. The third-order valence-corrected chi connectivity index (χ3v) is 6.04. The fraction of sp³-hybridized carbons (Fsp3) is 0.0769. The number of fused-ring (bicyclic) bond motifs is 1. The molecule has 2 aromatic rings. The van der Waals surface area contributed by atoms with Gasteiger partial charge in [0.1, 0.15) is 4.90 Å². The largest absolute Gasteiger partial charge is 1.00 e. The Bertz CT molecular complexity index is 878. The van der Waals surface area contributed by atoms with Crippen molar-refractivity contribution in [3.63, 3.8) is 0 Å². The zero-order chi connectivity index (χ0) is 15.9. The van der Waals surface area contributed by atoms with E-state index in [9.17, 15) is 18.3 Å². The van der Waals surface area contributed by atoms with Crippen molar-refractivity contribution in [1.82, 2.24) is 4.31 Å². The first-order chi connectivity index (χ1) is 10.4. The fourth-order valence-electron chi connectivity index (χ4n) is 2.10. The van der Waals surface area contributed by atoms with E-state index in [2.05, 4.69) is 10.3 Å². The molecule has 1 aliphatic rings. The van der Waals surface area contributed by atoms with Crippen LogP contribution in [0.15, 0.2) is 46.4 Å². The number of thiophene rings is 1. The molecule has 0 fully saturated rings. The normalized spacial score (nSPS) is 15.6. The molecule has 122 valence electrons. The topological polar surface area (TPSA) is 101 Å². The Kier molecular flexibility index (Phi) is 4.64. The maximum absolute atomic E-state index is 12.4. The van der Waals surface area contributed by atoms with Gasteiger partial charge >= 0.3 is 5.91 Å². The number of amides is 1. The van der Waals surface area contributed by atoms with E-state index >= 15 is 0 Å². The van der Waals surface area contributed by atoms with Crippen molar-refractivity contribution in [2.45, 2.75) is 4.90 Å². The van der Waals surface area contributed by atoms with Crippen LogP contribution in [-0.4, -0.2) is 30.8 Å². The van der Waals surface area contributed by atoms with Crippen LogP contribution in [0.25, 0.3) is 5.76 Å². The van der Waals surface area contributed by atoms with Gasteiger partial charge in [0.05, 0.1) is 11.1 Å². The quantitative estimate of drug-likeness (QED) is 0.640. The highest BCUT2D eigenvalue weighted by Gasteiger charge is 2.40. The van der Waals surface area contributed by atoms with Gasteiger partial charge in [-0.3, -0.25) is 4.31 Å². The van der Waals surface area contributed by atoms with Crippen molar-refractivity contribution in [3.8, 4) is 0 Å². The van der Waals surface area contributed by atoms with Gasteiger partial charge in [-0.2, -0.15) is 0 Å². The lowest BCUT2D eigenvalue weighted by Crippen LogP contribution is -3.00. The fourth-order valence-corrected chi connectivity index (χ4v) is 4.66. The highest BCUT2D eigenvalue weighted by Crippen LogP contribution is 2.37. The number of sulfonamides is 1. The number of pyridine rings is 1. The zero-order valence-corrected chi connectivity index (χ0v) is 14.2. The number of aromatic amines is 1. The lowest BCUT2D eigenvalue weighted by Gasteiger charge is -2.25. The molecule has 2 aromatic heterocycles. The first-order valence-electron chi connectivity index (χ1n) is 6.21. The number of anilines is 1. The number of nitrogens with zero attached hydrogens (tertiary/aromatic N) is 1. The zero-order valence-electron chi connectivity index (χ0n) is 11.8.